The predicted molar refractivity (Wildman–Crippen MR) is 68.1 cm³/mol. The average Bonchev–Trinajstić information content (AvgIpc) is 2.28. The van der Waals surface area contributed by atoms with Crippen LogP contribution in [0.2, 0.25) is 0 Å². The minimum Gasteiger partial charge on any atom is -0.480 e. The summed E-state index contributed by atoms with van der Waals surface area (Å²) in [4.78, 5) is 12.4. The molecule has 0 fully saturated rings. The third-order valence-electron chi connectivity index (χ3n) is 2.52. The van der Waals surface area contributed by atoms with Gasteiger partial charge in [0, 0.05) is 6.54 Å². The molecule has 5 nitrogen and oxygen atoms in total. The molecule has 0 radical (unpaired) electrons. The van der Waals surface area contributed by atoms with Gasteiger partial charge in [-0.3, -0.25) is 9.69 Å². The second-order valence-corrected chi connectivity index (χ2v) is 6.39. The second kappa shape index (κ2) is 5.97. The molecule has 0 aliphatic heterocycles. The lowest BCUT2D eigenvalue weighted by Gasteiger charge is -2.14. The van der Waals surface area contributed by atoms with E-state index in [1.54, 1.807) is 43.1 Å². The van der Waals surface area contributed by atoms with E-state index >= 15 is 0 Å². The Kier molecular flexibility index (Phi) is 4.86. The molecule has 1 N–H and O–H groups in total. The number of sulfone groups is 1. The van der Waals surface area contributed by atoms with Crippen molar-refractivity contribution in [3.63, 3.8) is 0 Å². The maximum atomic E-state index is 11.6. The summed E-state index contributed by atoms with van der Waals surface area (Å²) in [5, 5.41) is 8.62. The van der Waals surface area contributed by atoms with Gasteiger partial charge in [0.2, 0.25) is 0 Å². The highest BCUT2D eigenvalue weighted by Gasteiger charge is 2.11. The van der Waals surface area contributed by atoms with Crippen molar-refractivity contribution in [3.05, 3.63) is 29.8 Å². The average molecular weight is 271 g/mol. The van der Waals surface area contributed by atoms with Crippen LogP contribution in [0, 0.1) is 0 Å². The van der Waals surface area contributed by atoms with Gasteiger partial charge in [0.15, 0.2) is 9.84 Å². The Morgan fingerprint density at radius 1 is 1.28 bits per heavy atom. The van der Waals surface area contributed by atoms with Crippen molar-refractivity contribution in [1.29, 1.82) is 0 Å². The fraction of sp³-hybridized carbons (Fsp3) is 0.417. The number of carboxylic acids is 1. The maximum Gasteiger partial charge on any atom is 0.317 e. The lowest BCUT2D eigenvalue weighted by molar-refractivity contribution is -0.138. The van der Waals surface area contributed by atoms with Gasteiger partial charge < -0.3 is 5.11 Å². The highest BCUT2D eigenvalue weighted by atomic mass is 32.2. The van der Waals surface area contributed by atoms with E-state index in [4.69, 9.17) is 5.11 Å². The van der Waals surface area contributed by atoms with Crippen molar-refractivity contribution in [1.82, 2.24) is 4.90 Å². The van der Waals surface area contributed by atoms with Crippen LogP contribution in [0.1, 0.15) is 12.5 Å². The molecule has 0 aliphatic carbocycles. The Balaban J connectivity index is 2.75. The SMILES string of the molecule is CCS(=O)(=O)c1ccc(CN(C)CC(=O)O)cc1. The number of aliphatic carboxylic acids is 1. The molecule has 0 heterocycles. The van der Waals surface area contributed by atoms with Crippen LogP contribution >= 0.6 is 0 Å². The van der Waals surface area contributed by atoms with Gasteiger partial charge in [0.05, 0.1) is 17.2 Å². The number of rotatable bonds is 6. The van der Waals surface area contributed by atoms with E-state index in [1.165, 1.54) is 0 Å². The van der Waals surface area contributed by atoms with Crippen molar-refractivity contribution in [2.75, 3.05) is 19.3 Å². The Morgan fingerprint density at radius 3 is 2.28 bits per heavy atom. The molecule has 0 amide bonds. The lowest BCUT2D eigenvalue weighted by Crippen LogP contribution is -2.25. The first-order valence-corrected chi connectivity index (χ1v) is 7.22. The molecular formula is C12H17NO4S. The summed E-state index contributed by atoms with van der Waals surface area (Å²) in [7, 11) is -1.47. The molecule has 18 heavy (non-hydrogen) atoms. The topological polar surface area (TPSA) is 74.7 Å². The fourth-order valence-corrected chi connectivity index (χ4v) is 2.45. The first kappa shape index (κ1) is 14.7. The van der Waals surface area contributed by atoms with E-state index in [-0.39, 0.29) is 12.3 Å². The summed E-state index contributed by atoms with van der Waals surface area (Å²) in [6.45, 7) is 2.03. The molecule has 1 rings (SSSR count). The Labute approximate surface area is 107 Å². The minimum absolute atomic E-state index is 0.0466. The quantitative estimate of drug-likeness (QED) is 0.835. The van der Waals surface area contributed by atoms with Crippen LogP contribution in [0.3, 0.4) is 0 Å². The number of carboxylic acid groups (broad SMARTS) is 1. The van der Waals surface area contributed by atoms with Gasteiger partial charge in [-0.1, -0.05) is 19.1 Å². The standard InChI is InChI=1S/C12H17NO4S/c1-3-18(16,17)11-6-4-10(5-7-11)8-13(2)9-12(14)15/h4-7H,3,8-9H2,1-2H3,(H,14,15). The highest BCUT2D eigenvalue weighted by molar-refractivity contribution is 7.91. The van der Waals surface area contributed by atoms with Crippen LogP contribution < -0.4 is 0 Å². The van der Waals surface area contributed by atoms with Crippen molar-refractivity contribution in [2.45, 2.75) is 18.4 Å². The summed E-state index contributed by atoms with van der Waals surface area (Å²) in [5.74, 6) is -0.812. The third-order valence-corrected chi connectivity index (χ3v) is 4.27. The van der Waals surface area contributed by atoms with Gasteiger partial charge in [-0.05, 0) is 24.7 Å². The van der Waals surface area contributed by atoms with Crippen LogP contribution in [0.25, 0.3) is 0 Å². The molecular weight excluding hydrogens is 254 g/mol. The molecule has 0 aliphatic rings. The van der Waals surface area contributed by atoms with Gasteiger partial charge >= 0.3 is 5.97 Å². The second-order valence-electron chi connectivity index (χ2n) is 4.11. The van der Waals surface area contributed by atoms with Crippen molar-refractivity contribution >= 4 is 15.8 Å². The zero-order valence-corrected chi connectivity index (χ0v) is 11.3. The predicted octanol–water partition coefficient (Wildman–Crippen LogP) is 0.997. The van der Waals surface area contributed by atoms with E-state index < -0.39 is 15.8 Å². The molecule has 0 saturated carbocycles. The molecule has 1 aromatic carbocycles. The molecule has 0 bridgehead atoms. The molecule has 100 valence electrons. The van der Waals surface area contributed by atoms with E-state index in [1.807, 2.05) is 0 Å². The number of benzene rings is 1. The van der Waals surface area contributed by atoms with E-state index in [0.717, 1.165) is 5.56 Å². The zero-order chi connectivity index (χ0) is 13.8. The summed E-state index contributed by atoms with van der Waals surface area (Å²) in [5.41, 5.74) is 0.883. The van der Waals surface area contributed by atoms with Gasteiger partial charge in [-0.2, -0.15) is 0 Å². The number of carbonyl (C=O) groups is 1. The van der Waals surface area contributed by atoms with E-state index in [2.05, 4.69) is 0 Å². The lowest BCUT2D eigenvalue weighted by atomic mass is 10.2. The van der Waals surface area contributed by atoms with Gasteiger partial charge in [-0.25, -0.2) is 8.42 Å². The highest BCUT2D eigenvalue weighted by Crippen LogP contribution is 2.13. The Morgan fingerprint density at radius 2 is 1.83 bits per heavy atom. The largest absolute Gasteiger partial charge is 0.480 e. The number of hydrogen-bond donors (Lipinski definition) is 1. The first-order valence-electron chi connectivity index (χ1n) is 5.57. The minimum atomic E-state index is -3.17. The first-order chi connectivity index (χ1) is 8.35. The number of hydrogen-bond acceptors (Lipinski definition) is 4. The third kappa shape index (κ3) is 4.12. The molecule has 0 saturated heterocycles. The van der Waals surface area contributed by atoms with Gasteiger partial charge in [0.25, 0.3) is 0 Å². The van der Waals surface area contributed by atoms with Crippen molar-refractivity contribution < 1.29 is 18.3 Å². The van der Waals surface area contributed by atoms with Crippen LogP contribution in [0.15, 0.2) is 29.2 Å². The summed E-state index contributed by atoms with van der Waals surface area (Å²) >= 11 is 0. The maximum absolute atomic E-state index is 11.6. The summed E-state index contributed by atoms with van der Waals surface area (Å²) in [6.07, 6.45) is 0. The molecule has 6 heteroatoms. The van der Waals surface area contributed by atoms with Gasteiger partial charge in [-0.15, -0.1) is 0 Å². The van der Waals surface area contributed by atoms with Crippen LogP contribution in [0.5, 0.6) is 0 Å². The molecule has 0 aromatic heterocycles. The van der Waals surface area contributed by atoms with E-state index in [9.17, 15) is 13.2 Å². The van der Waals surface area contributed by atoms with Crippen LogP contribution in [-0.2, 0) is 21.2 Å². The zero-order valence-electron chi connectivity index (χ0n) is 10.5. The molecule has 0 spiro atoms. The van der Waals surface area contributed by atoms with Crippen molar-refractivity contribution in [3.8, 4) is 0 Å². The Hall–Kier alpha value is -1.40. The normalized spacial score (nSPS) is 11.7. The van der Waals surface area contributed by atoms with Crippen LogP contribution in [0.4, 0.5) is 0 Å². The summed E-state index contributed by atoms with van der Waals surface area (Å²) < 4.78 is 23.2. The molecule has 0 unspecified atom stereocenters. The van der Waals surface area contributed by atoms with E-state index in [0.29, 0.717) is 11.4 Å². The fourth-order valence-electron chi connectivity index (χ4n) is 1.57. The molecule has 0 atom stereocenters. The monoisotopic (exact) mass is 271 g/mol. The molecule has 1 aromatic rings. The van der Waals surface area contributed by atoms with Crippen LogP contribution in [-0.4, -0.2) is 43.7 Å². The Bertz CT molecular complexity index is 507. The van der Waals surface area contributed by atoms with Crippen molar-refractivity contribution in [2.24, 2.45) is 0 Å². The summed E-state index contributed by atoms with van der Waals surface area (Å²) in [6, 6.07) is 6.54. The van der Waals surface area contributed by atoms with Gasteiger partial charge in [0.1, 0.15) is 0 Å². The number of nitrogens with zero attached hydrogens (tertiary/aromatic N) is 1. The number of likely N-dealkylation sites (N-methyl/N-ethyl adjacent to an activating group) is 1. The smallest absolute Gasteiger partial charge is 0.317 e.